The van der Waals surface area contributed by atoms with Gasteiger partial charge >= 0.3 is 0 Å². The molecule has 2 unspecified atom stereocenters. The molecule has 0 aliphatic heterocycles. The van der Waals surface area contributed by atoms with E-state index in [0.29, 0.717) is 12.3 Å². The monoisotopic (exact) mass is 282 g/mol. The van der Waals surface area contributed by atoms with E-state index in [0.717, 1.165) is 21.9 Å². The molecule has 3 heteroatoms. The highest BCUT2D eigenvalue weighted by molar-refractivity contribution is 6.31. The largest absolute Gasteiger partial charge is 0.489 e. The van der Waals surface area contributed by atoms with Crippen LogP contribution >= 0.6 is 11.6 Å². The van der Waals surface area contributed by atoms with Gasteiger partial charge in [-0.1, -0.05) is 39.3 Å². The standard InChI is InChI=1S/C16H23ClO2/c1-9(2)11-7-13(10(3)6-12(11)17)19-15-8-14(18)16(15,4)5/h6-7,9,14-15,18H,8H2,1-5H3. The molecule has 1 fully saturated rings. The van der Waals surface area contributed by atoms with Gasteiger partial charge in [-0.25, -0.2) is 0 Å². The molecule has 1 aliphatic rings. The summed E-state index contributed by atoms with van der Waals surface area (Å²) in [6, 6.07) is 4.01. The van der Waals surface area contributed by atoms with Gasteiger partial charge in [-0.3, -0.25) is 0 Å². The molecular weight excluding hydrogens is 260 g/mol. The van der Waals surface area contributed by atoms with Crippen LogP contribution in [0.5, 0.6) is 5.75 Å². The second-order valence-electron chi connectivity index (χ2n) is 6.47. The second-order valence-corrected chi connectivity index (χ2v) is 6.88. The van der Waals surface area contributed by atoms with Crippen molar-refractivity contribution < 1.29 is 9.84 Å². The number of benzene rings is 1. The molecular formula is C16H23ClO2. The first kappa shape index (κ1) is 14.7. The Bertz CT molecular complexity index is 480. The van der Waals surface area contributed by atoms with Crippen LogP contribution in [-0.4, -0.2) is 17.3 Å². The van der Waals surface area contributed by atoms with Gasteiger partial charge in [0, 0.05) is 16.9 Å². The molecule has 2 nitrogen and oxygen atoms in total. The molecule has 0 aromatic heterocycles. The number of hydrogen-bond acceptors (Lipinski definition) is 2. The summed E-state index contributed by atoms with van der Waals surface area (Å²) in [5, 5.41) is 10.6. The van der Waals surface area contributed by atoms with Crippen molar-refractivity contribution >= 4 is 11.6 Å². The number of aliphatic hydroxyl groups excluding tert-OH is 1. The van der Waals surface area contributed by atoms with E-state index in [2.05, 4.69) is 13.8 Å². The molecule has 0 spiro atoms. The van der Waals surface area contributed by atoms with E-state index in [1.165, 1.54) is 0 Å². The van der Waals surface area contributed by atoms with Gasteiger partial charge < -0.3 is 9.84 Å². The molecule has 19 heavy (non-hydrogen) atoms. The SMILES string of the molecule is Cc1cc(Cl)c(C(C)C)cc1OC1CC(O)C1(C)C. The number of halogens is 1. The van der Waals surface area contributed by atoms with Crippen molar-refractivity contribution in [2.45, 2.75) is 59.2 Å². The van der Waals surface area contributed by atoms with Crippen molar-refractivity contribution in [2.75, 3.05) is 0 Å². The molecule has 1 aliphatic carbocycles. The van der Waals surface area contributed by atoms with Crippen LogP contribution in [0, 0.1) is 12.3 Å². The van der Waals surface area contributed by atoms with Crippen LogP contribution in [0.15, 0.2) is 12.1 Å². The Balaban J connectivity index is 2.24. The zero-order chi connectivity index (χ0) is 14.4. The first-order chi connectivity index (χ1) is 8.73. The summed E-state index contributed by atoms with van der Waals surface area (Å²) in [5.74, 6) is 1.26. The smallest absolute Gasteiger partial charge is 0.123 e. The molecule has 0 radical (unpaired) electrons. The van der Waals surface area contributed by atoms with E-state index < -0.39 is 0 Å². The van der Waals surface area contributed by atoms with Gasteiger partial charge in [-0.15, -0.1) is 0 Å². The molecule has 0 heterocycles. The van der Waals surface area contributed by atoms with Crippen molar-refractivity contribution in [3.05, 3.63) is 28.3 Å². The predicted octanol–water partition coefficient (Wildman–Crippen LogP) is 4.31. The van der Waals surface area contributed by atoms with Crippen LogP contribution in [0.4, 0.5) is 0 Å². The van der Waals surface area contributed by atoms with Crippen LogP contribution in [0.25, 0.3) is 0 Å². The number of hydrogen-bond donors (Lipinski definition) is 1. The zero-order valence-electron chi connectivity index (χ0n) is 12.3. The number of rotatable bonds is 3. The lowest BCUT2D eigenvalue weighted by atomic mass is 9.66. The fourth-order valence-corrected chi connectivity index (χ4v) is 2.89. The first-order valence-corrected chi connectivity index (χ1v) is 7.26. The molecule has 0 bridgehead atoms. The molecule has 1 aromatic rings. The molecule has 106 valence electrons. The minimum absolute atomic E-state index is 0.0717. The molecule has 2 atom stereocenters. The van der Waals surface area contributed by atoms with Crippen LogP contribution in [-0.2, 0) is 0 Å². The quantitative estimate of drug-likeness (QED) is 0.895. The molecule has 1 aromatic carbocycles. The van der Waals surface area contributed by atoms with E-state index in [9.17, 15) is 5.11 Å². The van der Waals surface area contributed by atoms with Crippen molar-refractivity contribution in [1.29, 1.82) is 0 Å². The van der Waals surface area contributed by atoms with E-state index in [-0.39, 0.29) is 17.6 Å². The van der Waals surface area contributed by atoms with Crippen molar-refractivity contribution in [2.24, 2.45) is 5.41 Å². The molecule has 1 N–H and O–H groups in total. The maximum absolute atomic E-state index is 9.78. The highest BCUT2D eigenvalue weighted by Gasteiger charge is 2.49. The molecule has 0 saturated heterocycles. The Morgan fingerprint density at radius 3 is 2.47 bits per heavy atom. The Kier molecular flexibility index (Phi) is 3.85. The Morgan fingerprint density at radius 2 is 2.00 bits per heavy atom. The van der Waals surface area contributed by atoms with Gasteiger partial charge in [0.2, 0.25) is 0 Å². The summed E-state index contributed by atoms with van der Waals surface area (Å²) in [4.78, 5) is 0. The molecule has 0 amide bonds. The van der Waals surface area contributed by atoms with Crippen LogP contribution in [0.3, 0.4) is 0 Å². The van der Waals surface area contributed by atoms with Gasteiger partial charge in [0.15, 0.2) is 0 Å². The lowest BCUT2D eigenvalue weighted by Gasteiger charge is -2.48. The fourth-order valence-electron chi connectivity index (χ4n) is 2.46. The summed E-state index contributed by atoms with van der Waals surface area (Å²) in [6.45, 7) is 10.3. The van der Waals surface area contributed by atoms with Crippen LogP contribution < -0.4 is 4.74 Å². The lowest BCUT2D eigenvalue weighted by Crippen LogP contribution is -2.56. The van der Waals surface area contributed by atoms with Gasteiger partial charge in [0.1, 0.15) is 11.9 Å². The van der Waals surface area contributed by atoms with E-state index in [1.54, 1.807) is 0 Å². The first-order valence-electron chi connectivity index (χ1n) is 6.88. The number of aryl methyl sites for hydroxylation is 1. The van der Waals surface area contributed by atoms with E-state index >= 15 is 0 Å². The Morgan fingerprint density at radius 1 is 1.37 bits per heavy atom. The minimum atomic E-state index is -0.269. The maximum Gasteiger partial charge on any atom is 0.123 e. The molecule has 2 rings (SSSR count). The number of aliphatic hydroxyl groups is 1. The van der Waals surface area contributed by atoms with Crippen molar-refractivity contribution in [3.63, 3.8) is 0 Å². The predicted molar refractivity (Wildman–Crippen MR) is 79.1 cm³/mol. The summed E-state index contributed by atoms with van der Waals surface area (Å²) < 4.78 is 6.09. The van der Waals surface area contributed by atoms with Gasteiger partial charge in [-0.2, -0.15) is 0 Å². The summed E-state index contributed by atoms with van der Waals surface area (Å²) in [6.07, 6.45) is 0.503. The highest BCUT2D eigenvalue weighted by atomic mass is 35.5. The number of ether oxygens (including phenoxy) is 1. The minimum Gasteiger partial charge on any atom is -0.489 e. The fraction of sp³-hybridized carbons (Fsp3) is 0.625. The van der Waals surface area contributed by atoms with Gasteiger partial charge in [0.25, 0.3) is 0 Å². The lowest BCUT2D eigenvalue weighted by molar-refractivity contribution is -0.134. The summed E-state index contributed by atoms with van der Waals surface area (Å²) in [5.41, 5.74) is 1.98. The maximum atomic E-state index is 9.78. The third kappa shape index (κ3) is 2.61. The summed E-state index contributed by atoms with van der Waals surface area (Å²) in [7, 11) is 0. The Labute approximate surface area is 120 Å². The van der Waals surface area contributed by atoms with Gasteiger partial charge in [-0.05, 0) is 36.1 Å². The zero-order valence-corrected chi connectivity index (χ0v) is 13.1. The van der Waals surface area contributed by atoms with Crippen molar-refractivity contribution in [1.82, 2.24) is 0 Å². The second kappa shape index (κ2) is 4.99. The molecule has 1 saturated carbocycles. The Hall–Kier alpha value is -0.730. The van der Waals surface area contributed by atoms with Crippen LogP contribution in [0.1, 0.15) is 51.2 Å². The van der Waals surface area contributed by atoms with Crippen molar-refractivity contribution in [3.8, 4) is 5.75 Å². The van der Waals surface area contributed by atoms with Crippen LogP contribution in [0.2, 0.25) is 5.02 Å². The van der Waals surface area contributed by atoms with E-state index in [4.69, 9.17) is 16.3 Å². The van der Waals surface area contributed by atoms with Gasteiger partial charge in [0.05, 0.1) is 6.10 Å². The highest BCUT2D eigenvalue weighted by Crippen LogP contribution is 2.44. The third-order valence-corrected chi connectivity index (χ3v) is 4.64. The van der Waals surface area contributed by atoms with E-state index in [1.807, 2.05) is 32.9 Å². The average Bonchev–Trinajstić information content (AvgIpc) is 2.31. The third-order valence-electron chi connectivity index (χ3n) is 4.31. The average molecular weight is 283 g/mol. The topological polar surface area (TPSA) is 29.5 Å². The normalized spacial score (nSPS) is 25.3. The summed E-state index contributed by atoms with van der Waals surface area (Å²) >= 11 is 6.26.